The molecule has 0 bridgehead atoms. The Hall–Kier alpha value is 0.580. The molecule has 0 aromatic heterocycles. The van der Waals surface area contributed by atoms with E-state index in [1.54, 1.807) is 3.28 Å². The third-order valence-electron chi connectivity index (χ3n) is 2.06. The van der Waals surface area contributed by atoms with Crippen molar-refractivity contribution in [3.05, 3.63) is 21.5 Å². The molecule has 0 heterocycles. The van der Waals surface area contributed by atoms with Crippen molar-refractivity contribution in [1.29, 1.82) is 0 Å². The van der Waals surface area contributed by atoms with E-state index in [4.69, 9.17) is 0 Å². The molecule has 10 heavy (non-hydrogen) atoms. The topological polar surface area (TPSA) is 0 Å². The van der Waals surface area contributed by atoms with Gasteiger partial charge in [-0.2, -0.15) is 0 Å². The van der Waals surface area contributed by atoms with Crippen LogP contribution >= 0.6 is 0 Å². The minimum atomic E-state index is -2.06. The minimum absolute atomic E-state index is 1.26. The van der Waals surface area contributed by atoms with E-state index in [1.807, 2.05) is 0 Å². The summed E-state index contributed by atoms with van der Waals surface area (Å²) in [6.07, 6.45) is 8.13. The average Bonchev–Trinajstić information content (AvgIpc) is 2.04. The van der Waals surface area contributed by atoms with Crippen LogP contribution in [-0.2, 0) is 17.9 Å². The second-order valence-corrected chi connectivity index (χ2v) is 47.3. The monoisotopic (exact) mass is 231 g/mol. The van der Waals surface area contributed by atoms with Gasteiger partial charge in [0.05, 0.1) is 0 Å². The van der Waals surface area contributed by atoms with Gasteiger partial charge < -0.3 is 0 Å². The van der Waals surface area contributed by atoms with E-state index < -0.39 is 17.9 Å². The second-order valence-electron chi connectivity index (χ2n) is 5.32. The van der Waals surface area contributed by atoms with Crippen LogP contribution in [0.25, 0.3) is 0 Å². The van der Waals surface area contributed by atoms with E-state index >= 15 is 0 Å². The third kappa shape index (κ3) is 2.03. The van der Waals surface area contributed by atoms with Crippen molar-refractivity contribution in [2.45, 2.75) is 20.3 Å². The van der Waals surface area contributed by atoms with Crippen LogP contribution in [0.3, 0.4) is 0 Å². The molecule has 0 N–H and O–H groups in total. The molecule has 0 radical (unpaired) electrons. The van der Waals surface area contributed by atoms with Gasteiger partial charge in [-0.15, -0.1) is 0 Å². The molecular weight excluding hydrogens is 215 g/mol. The maximum atomic E-state index is 2.55. The molecule has 0 nitrogen and oxygen atoms in total. The summed E-state index contributed by atoms with van der Waals surface area (Å²) < 4.78 is 9.44. The fourth-order valence-corrected chi connectivity index (χ4v) is 7.55. The predicted molar refractivity (Wildman–Crippen MR) is 49.4 cm³/mol. The first-order chi connectivity index (χ1) is 4.36. The number of allylic oxidation sites excluding steroid dienone is 4. The molecule has 0 saturated heterocycles. The van der Waals surface area contributed by atoms with Crippen LogP contribution in [-0.4, -0.2) is 7.37 Å². The Bertz CT molecular complexity index is 196. The van der Waals surface area contributed by atoms with Crippen molar-refractivity contribution in [2.75, 3.05) is 0 Å². The van der Waals surface area contributed by atoms with Crippen LogP contribution in [0, 0.1) is 0 Å². The quantitative estimate of drug-likeness (QED) is 0.606. The Morgan fingerprint density at radius 3 is 2.20 bits per heavy atom. The fourth-order valence-electron chi connectivity index (χ4n) is 1.19. The van der Waals surface area contributed by atoms with Crippen LogP contribution < -0.4 is 0 Å². The van der Waals surface area contributed by atoms with Gasteiger partial charge in [-0.05, 0) is 0 Å². The summed E-state index contributed by atoms with van der Waals surface area (Å²) in [5.74, 6) is 0. The van der Waals surface area contributed by atoms with Gasteiger partial charge in [0.25, 0.3) is 0 Å². The van der Waals surface area contributed by atoms with Crippen LogP contribution in [0.1, 0.15) is 6.42 Å². The van der Waals surface area contributed by atoms with Gasteiger partial charge >= 0.3 is 67.1 Å². The standard InChI is InChI=1S/C5H5.3CH3.H3Si.Zr/c1-2-4-5-3-1;;;;;/h1-3H,4H2;4*1H3;. The molecule has 2 heteroatoms. The van der Waals surface area contributed by atoms with Gasteiger partial charge in [-0.1, -0.05) is 0 Å². The van der Waals surface area contributed by atoms with E-state index in [1.165, 1.54) is 13.8 Å². The summed E-state index contributed by atoms with van der Waals surface area (Å²) in [5.41, 5.74) is 0. The summed E-state index contributed by atoms with van der Waals surface area (Å²) in [6.45, 7) is 0. The first kappa shape index (κ1) is 8.67. The van der Waals surface area contributed by atoms with Gasteiger partial charge in [0, 0.05) is 0 Å². The van der Waals surface area contributed by atoms with E-state index in [9.17, 15) is 0 Å². The fraction of sp³-hybridized carbons (Fsp3) is 0.500. The molecule has 57 valence electrons. The van der Waals surface area contributed by atoms with E-state index in [-0.39, 0.29) is 0 Å². The zero-order valence-electron chi connectivity index (χ0n) is 7.44. The molecule has 0 aromatic rings. The van der Waals surface area contributed by atoms with E-state index in [0.717, 1.165) is 0 Å². The van der Waals surface area contributed by atoms with Crippen molar-refractivity contribution in [2.24, 2.45) is 0 Å². The maximum absolute atomic E-state index is 2.55. The summed E-state index contributed by atoms with van der Waals surface area (Å²) >= 11 is -2.06. The van der Waals surface area contributed by atoms with Crippen molar-refractivity contribution in [3.8, 4) is 0 Å². The van der Waals surface area contributed by atoms with Crippen molar-refractivity contribution >= 4 is 7.37 Å². The molecular formula is C8H17SiZr. The van der Waals surface area contributed by atoms with Gasteiger partial charge in [0.2, 0.25) is 0 Å². The zero-order valence-corrected chi connectivity index (χ0v) is 11.9. The predicted octanol–water partition coefficient (Wildman–Crippen LogP) is 1.94. The van der Waals surface area contributed by atoms with Crippen molar-refractivity contribution < 1.29 is 17.9 Å². The molecule has 1 aliphatic carbocycles. The van der Waals surface area contributed by atoms with Gasteiger partial charge in [0.15, 0.2) is 0 Å². The molecule has 0 amide bonds. The Morgan fingerprint density at radius 2 is 2.00 bits per heavy atom. The van der Waals surface area contributed by atoms with Crippen LogP contribution in [0.4, 0.5) is 0 Å². The number of rotatable bonds is 1. The molecule has 0 atom stereocenters. The molecule has 0 unspecified atom stereocenters. The third-order valence-corrected chi connectivity index (χ3v) is 13.1. The number of hydrogen-bond acceptors (Lipinski definition) is 0. The van der Waals surface area contributed by atoms with Crippen LogP contribution in [0.15, 0.2) is 21.5 Å². The molecule has 0 aromatic carbocycles. The first-order valence-electron chi connectivity index (χ1n) is 3.97. The Labute approximate surface area is 66.9 Å². The summed E-state index contributed by atoms with van der Waals surface area (Å²) in [5, 5.41) is 0. The Balaban J connectivity index is 2.87. The summed E-state index contributed by atoms with van der Waals surface area (Å²) in [7, 11) is 1.43. The molecule has 0 aliphatic heterocycles. The number of hydrogen-bond donors (Lipinski definition) is 0. The van der Waals surface area contributed by atoms with Gasteiger partial charge in [-0.25, -0.2) is 0 Å². The normalized spacial score (nSPS) is 22.3. The Morgan fingerprint density at radius 1 is 1.40 bits per heavy atom. The second kappa shape index (κ2) is 2.28. The molecule has 0 spiro atoms. The van der Waals surface area contributed by atoms with E-state index in [2.05, 4.69) is 32.1 Å². The van der Waals surface area contributed by atoms with E-state index in [0.29, 0.717) is 0 Å². The van der Waals surface area contributed by atoms with Gasteiger partial charge in [-0.3, -0.25) is 0 Å². The van der Waals surface area contributed by atoms with Crippen molar-refractivity contribution in [3.63, 3.8) is 0 Å². The van der Waals surface area contributed by atoms with Gasteiger partial charge in [0.1, 0.15) is 0 Å². The summed E-state index contributed by atoms with van der Waals surface area (Å²) in [4.78, 5) is 0. The van der Waals surface area contributed by atoms with Crippen molar-refractivity contribution in [1.82, 2.24) is 0 Å². The van der Waals surface area contributed by atoms with Crippen LogP contribution in [0.5, 0.6) is 0 Å². The molecule has 0 fully saturated rings. The molecule has 0 saturated carbocycles. The first-order valence-corrected chi connectivity index (χ1v) is 20.9. The summed E-state index contributed by atoms with van der Waals surface area (Å²) in [6, 6.07) is 0. The molecule has 1 rings (SSSR count). The Kier molecular flexibility index (Phi) is 1.98. The van der Waals surface area contributed by atoms with Crippen LogP contribution in [0.2, 0.25) is 13.9 Å². The zero-order chi connectivity index (χ0) is 7.85. The average molecular weight is 233 g/mol. The molecule has 1 aliphatic rings. The SMILES string of the molecule is [CH3][Zr]([CH3])([CH3])([SiH3])[C]1=CC=CC1.